The molecule has 1 heterocycles. The van der Waals surface area contributed by atoms with E-state index in [1.165, 1.54) is 5.56 Å². The first-order valence-corrected chi connectivity index (χ1v) is 9.52. The van der Waals surface area contributed by atoms with Crippen molar-refractivity contribution in [2.75, 3.05) is 40.4 Å². The maximum Gasteiger partial charge on any atom is 0.230 e. The molecule has 2 aliphatic rings. The Labute approximate surface area is 165 Å². The number of benzene rings is 1. The van der Waals surface area contributed by atoms with Gasteiger partial charge < -0.3 is 15.0 Å². The number of methoxy groups -OCH3 is 1. The minimum absolute atomic E-state index is 0. The number of rotatable bonds is 6. The summed E-state index contributed by atoms with van der Waals surface area (Å²) in [6.07, 6.45) is 4.03. The highest BCUT2D eigenvalue weighted by Gasteiger charge is 2.48. The van der Waals surface area contributed by atoms with Crippen LogP contribution in [0.3, 0.4) is 0 Å². The molecule has 0 atom stereocenters. The summed E-state index contributed by atoms with van der Waals surface area (Å²) in [7, 11) is 3.65. The minimum Gasteiger partial charge on any atom is -0.384 e. The van der Waals surface area contributed by atoms with E-state index in [9.17, 15) is 4.79 Å². The van der Waals surface area contributed by atoms with E-state index in [0.717, 1.165) is 49.8 Å². The Hall–Kier alpha value is -0.620. The van der Waals surface area contributed by atoms with Crippen molar-refractivity contribution in [3.63, 3.8) is 0 Å². The number of ether oxygens (including phenoxy) is 1. The monoisotopic (exact) mass is 430 g/mol. The van der Waals surface area contributed by atoms with Crippen LogP contribution < -0.4 is 5.32 Å². The van der Waals surface area contributed by atoms with Gasteiger partial charge in [-0.25, -0.2) is 0 Å². The lowest BCUT2D eigenvalue weighted by molar-refractivity contribution is -0.146. The van der Waals surface area contributed by atoms with Crippen LogP contribution in [0, 0.1) is 5.41 Å². The van der Waals surface area contributed by atoms with Crippen LogP contribution in [0.15, 0.2) is 28.7 Å². The second kappa shape index (κ2) is 8.38. The number of carbonyl (C=O) groups excluding carboxylic acids is 1. The minimum atomic E-state index is -0.357. The van der Waals surface area contributed by atoms with Crippen molar-refractivity contribution in [1.82, 2.24) is 10.2 Å². The first-order chi connectivity index (χ1) is 11.5. The third-order valence-corrected chi connectivity index (χ3v) is 6.16. The van der Waals surface area contributed by atoms with Crippen molar-refractivity contribution in [2.45, 2.75) is 31.1 Å². The average molecular weight is 432 g/mol. The number of piperidine rings is 1. The van der Waals surface area contributed by atoms with Crippen molar-refractivity contribution >= 4 is 34.2 Å². The summed E-state index contributed by atoms with van der Waals surface area (Å²) in [5.41, 5.74) is 1.13. The Kier molecular flexibility index (Phi) is 6.94. The predicted molar refractivity (Wildman–Crippen MR) is 106 cm³/mol. The number of carbonyl (C=O) groups is 1. The molecule has 1 amide bonds. The molecule has 1 aromatic rings. The second-order valence-corrected chi connectivity index (χ2v) is 8.33. The molecule has 1 aromatic carbocycles. The van der Waals surface area contributed by atoms with Crippen molar-refractivity contribution in [1.29, 1.82) is 0 Å². The number of nitrogens with one attached hydrogen (secondary N) is 1. The van der Waals surface area contributed by atoms with Crippen LogP contribution in [-0.4, -0.2) is 51.2 Å². The van der Waals surface area contributed by atoms with Crippen molar-refractivity contribution in [2.24, 2.45) is 5.41 Å². The molecule has 0 spiro atoms. The van der Waals surface area contributed by atoms with Crippen LogP contribution in [0.4, 0.5) is 0 Å². The highest BCUT2D eigenvalue weighted by molar-refractivity contribution is 9.10. The zero-order valence-corrected chi connectivity index (χ0v) is 17.4. The largest absolute Gasteiger partial charge is 0.384 e. The van der Waals surface area contributed by atoms with E-state index in [1.54, 1.807) is 7.11 Å². The summed E-state index contributed by atoms with van der Waals surface area (Å²) < 4.78 is 6.52. The van der Waals surface area contributed by atoms with Crippen LogP contribution in [0.5, 0.6) is 0 Å². The molecule has 1 saturated carbocycles. The van der Waals surface area contributed by atoms with Crippen LogP contribution in [0.25, 0.3) is 0 Å². The number of hydrogen-bond acceptors (Lipinski definition) is 3. The molecular formula is C19H28BrClN2O2. The van der Waals surface area contributed by atoms with Gasteiger partial charge in [0.15, 0.2) is 0 Å². The number of halogens is 2. The van der Waals surface area contributed by atoms with Gasteiger partial charge in [-0.2, -0.15) is 0 Å². The van der Waals surface area contributed by atoms with Crippen molar-refractivity contribution in [3.8, 4) is 0 Å². The predicted octanol–water partition coefficient (Wildman–Crippen LogP) is 3.38. The van der Waals surface area contributed by atoms with Crippen LogP contribution >= 0.6 is 28.3 Å². The van der Waals surface area contributed by atoms with Gasteiger partial charge in [0, 0.05) is 30.6 Å². The molecule has 0 aromatic heterocycles. The lowest BCUT2D eigenvalue weighted by atomic mass is 9.78. The van der Waals surface area contributed by atoms with Gasteiger partial charge in [0.2, 0.25) is 5.91 Å². The van der Waals surface area contributed by atoms with Gasteiger partial charge in [-0.3, -0.25) is 4.79 Å². The highest BCUT2D eigenvalue weighted by atomic mass is 79.9. The second-order valence-electron chi connectivity index (χ2n) is 7.41. The molecule has 1 saturated heterocycles. The first-order valence-electron chi connectivity index (χ1n) is 8.73. The maximum atomic E-state index is 13.2. The SMILES string of the molecule is COCC1(C(=O)N(C)CC2(c3ccc(Br)cc3)CC2)CCNCC1.Cl. The fraction of sp³-hybridized carbons (Fsp3) is 0.632. The molecule has 0 unspecified atom stereocenters. The molecule has 6 heteroatoms. The van der Waals surface area contributed by atoms with E-state index in [4.69, 9.17) is 4.74 Å². The number of likely N-dealkylation sites (N-methyl/N-ethyl adjacent to an activating group) is 1. The fourth-order valence-electron chi connectivity index (χ4n) is 4.02. The Balaban J connectivity index is 0.00000225. The zero-order chi connectivity index (χ0) is 17.2. The quantitative estimate of drug-likeness (QED) is 0.751. The van der Waals surface area contributed by atoms with Crippen molar-refractivity contribution in [3.05, 3.63) is 34.3 Å². The van der Waals surface area contributed by atoms with Gasteiger partial charge in [-0.15, -0.1) is 12.4 Å². The molecule has 1 aliphatic heterocycles. The van der Waals surface area contributed by atoms with Gasteiger partial charge >= 0.3 is 0 Å². The maximum absolute atomic E-state index is 13.2. The molecule has 1 aliphatic carbocycles. The Bertz CT molecular complexity index is 578. The molecule has 140 valence electrons. The third kappa shape index (κ3) is 4.38. The zero-order valence-electron chi connectivity index (χ0n) is 15.0. The van der Waals surface area contributed by atoms with Gasteiger partial charge in [0.05, 0.1) is 12.0 Å². The lowest BCUT2D eigenvalue weighted by Crippen LogP contribution is -2.51. The molecule has 0 bridgehead atoms. The normalized spacial score (nSPS) is 20.4. The Morgan fingerprint density at radius 3 is 2.32 bits per heavy atom. The highest BCUT2D eigenvalue weighted by Crippen LogP contribution is 2.49. The average Bonchev–Trinajstić information content (AvgIpc) is 3.36. The molecule has 3 rings (SSSR count). The van der Waals surface area contributed by atoms with E-state index in [1.807, 2.05) is 11.9 Å². The summed E-state index contributed by atoms with van der Waals surface area (Å²) >= 11 is 3.50. The standard InChI is InChI=1S/C19H27BrN2O2.ClH/c1-22(17(23)19(14-24-2)9-11-21-12-10-19)13-18(7-8-18)15-3-5-16(20)6-4-15;/h3-6,21H,7-14H2,1-2H3;1H. The lowest BCUT2D eigenvalue weighted by Gasteiger charge is -2.39. The van der Waals surface area contributed by atoms with E-state index in [2.05, 4.69) is 45.5 Å². The fourth-order valence-corrected chi connectivity index (χ4v) is 4.29. The van der Waals surface area contributed by atoms with Crippen LogP contribution in [-0.2, 0) is 14.9 Å². The molecule has 0 radical (unpaired) electrons. The summed E-state index contributed by atoms with van der Waals surface area (Å²) in [6, 6.07) is 8.56. The topological polar surface area (TPSA) is 41.6 Å². The van der Waals surface area contributed by atoms with Crippen LogP contribution in [0.1, 0.15) is 31.2 Å². The number of nitrogens with zero attached hydrogens (tertiary/aromatic N) is 1. The third-order valence-electron chi connectivity index (χ3n) is 5.63. The van der Waals surface area contributed by atoms with Gasteiger partial charge in [-0.1, -0.05) is 28.1 Å². The molecule has 25 heavy (non-hydrogen) atoms. The summed E-state index contributed by atoms with van der Waals surface area (Å²) in [4.78, 5) is 15.2. The molecule has 4 nitrogen and oxygen atoms in total. The molecule has 1 N–H and O–H groups in total. The van der Waals surface area contributed by atoms with Gasteiger partial charge in [0.25, 0.3) is 0 Å². The van der Waals surface area contributed by atoms with Crippen LogP contribution in [0.2, 0.25) is 0 Å². The molecular weight excluding hydrogens is 404 g/mol. The number of amides is 1. The Morgan fingerprint density at radius 1 is 1.20 bits per heavy atom. The van der Waals surface area contributed by atoms with E-state index < -0.39 is 0 Å². The van der Waals surface area contributed by atoms with E-state index in [-0.39, 0.29) is 29.1 Å². The Morgan fingerprint density at radius 2 is 1.80 bits per heavy atom. The summed E-state index contributed by atoms with van der Waals surface area (Å²) in [5, 5.41) is 3.35. The first kappa shape index (κ1) is 20.7. The van der Waals surface area contributed by atoms with Crippen molar-refractivity contribution < 1.29 is 9.53 Å². The smallest absolute Gasteiger partial charge is 0.230 e. The molecule has 2 fully saturated rings. The summed E-state index contributed by atoms with van der Waals surface area (Å²) in [6.45, 7) is 3.09. The number of hydrogen-bond donors (Lipinski definition) is 1. The van der Waals surface area contributed by atoms with E-state index >= 15 is 0 Å². The van der Waals surface area contributed by atoms with Gasteiger partial charge in [0.1, 0.15) is 0 Å². The van der Waals surface area contributed by atoms with E-state index in [0.29, 0.717) is 6.61 Å². The van der Waals surface area contributed by atoms with Gasteiger partial charge in [-0.05, 0) is 56.5 Å². The summed E-state index contributed by atoms with van der Waals surface area (Å²) in [5.74, 6) is 0.245.